The van der Waals surface area contributed by atoms with E-state index >= 15 is 0 Å². The molecule has 3 rings (SSSR count). The van der Waals surface area contributed by atoms with Gasteiger partial charge in [-0.1, -0.05) is 12.1 Å². The Bertz CT molecular complexity index is 702. The first-order valence-corrected chi connectivity index (χ1v) is 7.89. The van der Waals surface area contributed by atoms with E-state index in [0.29, 0.717) is 5.88 Å². The molecule has 118 valence electrons. The predicted octanol–water partition coefficient (Wildman–Crippen LogP) is 2.70. The lowest BCUT2D eigenvalue weighted by molar-refractivity contribution is 0.0927. The zero-order valence-corrected chi connectivity index (χ0v) is 13.3. The maximum atomic E-state index is 8.97. The molecule has 5 heteroatoms. The third kappa shape index (κ3) is 4.27. The molecule has 1 fully saturated rings. The Labute approximate surface area is 136 Å². The van der Waals surface area contributed by atoms with Gasteiger partial charge in [0.25, 0.3) is 0 Å². The lowest BCUT2D eigenvalue weighted by atomic mass is 10.1. The van der Waals surface area contributed by atoms with Crippen LogP contribution in [0.25, 0.3) is 0 Å². The van der Waals surface area contributed by atoms with Crippen molar-refractivity contribution in [3.8, 4) is 11.9 Å². The monoisotopic (exact) mass is 308 g/mol. The number of nitriles is 1. The minimum absolute atomic E-state index is 0.202. The van der Waals surface area contributed by atoms with Crippen molar-refractivity contribution < 1.29 is 4.74 Å². The number of hydrogen-bond donors (Lipinski definition) is 0. The van der Waals surface area contributed by atoms with Gasteiger partial charge in [-0.2, -0.15) is 5.26 Å². The molecular formula is C18H20N4O. The standard InChI is InChI=1S/C18H20N4O/c1-14-11-20-12-18(21-14)23-17-5-7-22(8-6-17)13-16-4-2-3-15(9-16)10-19/h2-4,9,11-12,17H,5-8,13H2,1H3. The summed E-state index contributed by atoms with van der Waals surface area (Å²) in [6.07, 6.45) is 5.56. The Morgan fingerprint density at radius 3 is 2.87 bits per heavy atom. The van der Waals surface area contributed by atoms with Gasteiger partial charge in [0.2, 0.25) is 5.88 Å². The Balaban J connectivity index is 1.51. The van der Waals surface area contributed by atoms with Crippen LogP contribution in [0.15, 0.2) is 36.7 Å². The largest absolute Gasteiger partial charge is 0.473 e. The van der Waals surface area contributed by atoms with Crippen LogP contribution in [0.2, 0.25) is 0 Å². The van der Waals surface area contributed by atoms with E-state index in [0.717, 1.165) is 43.7 Å². The van der Waals surface area contributed by atoms with Gasteiger partial charge in [0.05, 0.1) is 23.5 Å². The maximum Gasteiger partial charge on any atom is 0.232 e. The Hall–Kier alpha value is -2.45. The second kappa shape index (κ2) is 7.21. The third-order valence-electron chi connectivity index (χ3n) is 4.02. The van der Waals surface area contributed by atoms with Gasteiger partial charge in [-0.15, -0.1) is 0 Å². The molecule has 0 spiro atoms. The van der Waals surface area contributed by atoms with Crippen LogP contribution in [0.3, 0.4) is 0 Å². The first kappa shape index (κ1) is 15.4. The molecule has 0 N–H and O–H groups in total. The average Bonchev–Trinajstić information content (AvgIpc) is 2.57. The first-order valence-electron chi connectivity index (χ1n) is 7.89. The van der Waals surface area contributed by atoms with Crippen molar-refractivity contribution in [2.45, 2.75) is 32.4 Å². The van der Waals surface area contributed by atoms with Crippen molar-refractivity contribution >= 4 is 0 Å². The maximum absolute atomic E-state index is 8.97. The van der Waals surface area contributed by atoms with Gasteiger partial charge in [-0.3, -0.25) is 9.88 Å². The fraction of sp³-hybridized carbons (Fsp3) is 0.389. The highest BCUT2D eigenvalue weighted by molar-refractivity contribution is 5.32. The molecular weight excluding hydrogens is 288 g/mol. The van der Waals surface area contributed by atoms with Crippen molar-refractivity contribution in [1.82, 2.24) is 14.9 Å². The van der Waals surface area contributed by atoms with E-state index in [-0.39, 0.29) is 6.10 Å². The molecule has 2 aromatic rings. The third-order valence-corrected chi connectivity index (χ3v) is 4.02. The number of piperidine rings is 1. The number of likely N-dealkylation sites (tertiary alicyclic amines) is 1. The summed E-state index contributed by atoms with van der Waals surface area (Å²) < 4.78 is 5.93. The summed E-state index contributed by atoms with van der Waals surface area (Å²) >= 11 is 0. The quantitative estimate of drug-likeness (QED) is 0.869. The molecule has 0 atom stereocenters. The molecule has 0 saturated carbocycles. The van der Waals surface area contributed by atoms with Crippen LogP contribution >= 0.6 is 0 Å². The predicted molar refractivity (Wildman–Crippen MR) is 86.9 cm³/mol. The van der Waals surface area contributed by atoms with E-state index in [1.807, 2.05) is 25.1 Å². The fourth-order valence-corrected chi connectivity index (χ4v) is 2.85. The summed E-state index contributed by atoms with van der Waals surface area (Å²) in [6, 6.07) is 10.0. The van der Waals surface area contributed by atoms with E-state index in [4.69, 9.17) is 10.00 Å². The minimum Gasteiger partial charge on any atom is -0.473 e. The highest BCUT2D eigenvalue weighted by Crippen LogP contribution is 2.18. The number of hydrogen-bond acceptors (Lipinski definition) is 5. The number of rotatable bonds is 4. The van der Waals surface area contributed by atoms with Gasteiger partial charge in [0, 0.05) is 25.8 Å². The second-order valence-corrected chi connectivity index (χ2v) is 5.90. The van der Waals surface area contributed by atoms with Crippen molar-refractivity contribution in [1.29, 1.82) is 5.26 Å². The van der Waals surface area contributed by atoms with Gasteiger partial charge in [0.15, 0.2) is 0 Å². The molecule has 1 saturated heterocycles. The molecule has 23 heavy (non-hydrogen) atoms. The fourth-order valence-electron chi connectivity index (χ4n) is 2.85. The highest BCUT2D eigenvalue weighted by atomic mass is 16.5. The van der Waals surface area contributed by atoms with Crippen LogP contribution in [0, 0.1) is 18.3 Å². The van der Waals surface area contributed by atoms with E-state index < -0.39 is 0 Å². The molecule has 5 nitrogen and oxygen atoms in total. The van der Waals surface area contributed by atoms with Crippen LogP contribution in [-0.2, 0) is 6.54 Å². The molecule has 0 aliphatic carbocycles. The Morgan fingerprint density at radius 2 is 2.13 bits per heavy atom. The molecule has 0 radical (unpaired) electrons. The van der Waals surface area contributed by atoms with Gasteiger partial charge >= 0.3 is 0 Å². The number of nitrogens with zero attached hydrogens (tertiary/aromatic N) is 4. The van der Waals surface area contributed by atoms with E-state index in [2.05, 4.69) is 27.0 Å². The lowest BCUT2D eigenvalue weighted by Gasteiger charge is -2.31. The van der Waals surface area contributed by atoms with Gasteiger partial charge < -0.3 is 4.74 Å². The summed E-state index contributed by atoms with van der Waals surface area (Å²) in [5.74, 6) is 0.616. The second-order valence-electron chi connectivity index (χ2n) is 5.90. The van der Waals surface area contributed by atoms with Crippen LogP contribution < -0.4 is 4.74 Å². The molecule has 1 aromatic heterocycles. The number of aromatic nitrogens is 2. The van der Waals surface area contributed by atoms with Gasteiger partial charge in [0.1, 0.15) is 6.10 Å². The van der Waals surface area contributed by atoms with E-state index in [1.54, 1.807) is 12.4 Å². The summed E-state index contributed by atoms with van der Waals surface area (Å²) in [4.78, 5) is 10.9. The first-order chi connectivity index (χ1) is 11.2. The van der Waals surface area contributed by atoms with Crippen LogP contribution in [-0.4, -0.2) is 34.1 Å². The molecule has 1 aliphatic heterocycles. The highest BCUT2D eigenvalue weighted by Gasteiger charge is 2.21. The molecule has 0 bridgehead atoms. The molecule has 1 aliphatic rings. The number of benzene rings is 1. The zero-order valence-electron chi connectivity index (χ0n) is 13.3. The average molecular weight is 308 g/mol. The Kier molecular flexibility index (Phi) is 4.84. The van der Waals surface area contributed by atoms with Crippen molar-refractivity contribution in [3.05, 3.63) is 53.5 Å². The minimum atomic E-state index is 0.202. The summed E-state index contributed by atoms with van der Waals surface area (Å²) in [5, 5.41) is 8.97. The molecule has 2 heterocycles. The zero-order chi connectivity index (χ0) is 16.1. The van der Waals surface area contributed by atoms with Gasteiger partial charge in [-0.25, -0.2) is 4.98 Å². The topological polar surface area (TPSA) is 62.0 Å². The van der Waals surface area contributed by atoms with E-state index in [1.165, 1.54) is 5.56 Å². The summed E-state index contributed by atoms with van der Waals surface area (Å²) in [7, 11) is 0. The Morgan fingerprint density at radius 1 is 1.30 bits per heavy atom. The van der Waals surface area contributed by atoms with Gasteiger partial charge in [-0.05, 0) is 37.5 Å². The lowest BCUT2D eigenvalue weighted by Crippen LogP contribution is -2.37. The van der Waals surface area contributed by atoms with E-state index in [9.17, 15) is 0 Å². The normalized spacial score (nSPS) is 16.0. The number of aryl methyl sites for hydroxylation is 1. The molecule has 0 unspecified atom stereocenters. The molecule has 0 amide bonds. The van der Waals surface area contributed by atoms with Crippen LogP contribution in [0.5, 0.6) is 5.88 Å². The smallest absolute Gasteiger partial charge is 0.232 e. The summed E-state index contributed by atoms with van der Waals surface area (Å²) in [6.45, 7) is 4.77. The molecule has 1 aromatic carbocycles. The van der Waals surface area contributed by atoms with Crippen molar-refractivity contribution in [2.24, 2.45) is 0 Å². The van der Waals surface area contributed by atoms with Crippen molar-refractivity contribution in [2.75, 3.05) is 13.1 Å². The summed E-state index contributed by atoms with van der Waals surface area (Å²) in [5.41, 5.74) is 2.78. The van der Waals surface area contributed by atoms with Crippen molar-refractivity contribution in [3.63, 3.8) is 0 Å². The number of ether oxygens (including phenoxy) is 1. The van der Waals surface area contributed by atoms with Crippen LogP contribution in [0.4, 0.5) is 0 Å². The van der Waals surface area contributed by atoms with Crippen LogP contribution in [0.1, 0.15) is 29.7 Å². The SMILES string of the molecule is Cc1cncc(OC2CCN(Cc3cccc(C#N)c3)CC2)n1.